The fraction of sp³-hybridized carbons (Fsp3) is 0.273. The number of hydrogen-bond donors (Lipinski definition) is 0. The molecule has 0 radical (unpaired) electrons. The summed E-state index contributed by atoms with van der Waals surface area (Å²) in [6, 6.07) is 1.69. The van der Waals surface area contributed by atoms with Gasteiger partial charge in [-0.2, -0.15) is 0 Å². The van der Waals surface area contributed by atoms with Crippen molar-refractivity contribution in [1.29, 1.82) is 0 Å². The van der Waals surface area contributed by atoms with Crippen LogP contribution in [0.4, 0.5) is 0 Å². The first-order valence-electron chi connectivity index (χ1n) is 4.36. The molecule has 0 saturated heterocycles. The smallest absolute Gasteiger partial charge is 0.160 e. The van der Waals surface area contributed by atoms with Gasteiger partial charge in [0, 0.05) is 23.0 Å². The molecule has 1 heterocycles. The number of nitrogens with zero attached hydrogens (tertiary/aromatic N) is 1. The van der Waals surface area contributed by atoms with Gasteiger partial charge in [0.05, 0.1) is 5.02 Å². The van der Waals surface area contributed by atoms with Gasteiger partial charge in [0.25, 0.3) is 0 Å². The molecule has 0 aromatic carbocycles. The molecule has 0 N–H and O–H groups in total. The zero-order chi connectivity index (χ0) is 10.7. The first kappa shape index (κ1) is 10.9. The van der Waals surface area contributed by atoms with Crippen LogP contribution in [0.2, 0.25) is 5.02 Å². The van der Waals surface area contributed by atoms with Crippen LogP contribution < -0.4 is 0 Å². The van der Waals surface area contributed by atoms with E-state index < -0.39 is 0 Å². The average molecular weight is 210 g/mol. The molecule has 1 aromatic heterocycles. The van der Waals surface area contributed by atoms with E-state index in [2.05, 4.69) is 4.98 Å². The number of ketones is 1. The van der Waals surface area contributed by atoms with E-state index in [0.717, 1.165) is 11.3 Å². The molecule has 0 atom stereocenters. The SMILES string of the molecule is C/C=C(/C(C)=O)c1c(Cl)ccnc1C. The van der Waals surface area contributed by atoms with Crippen molar-refractivity contribution in [2.75, 3.05) is 0 Å². The van der Waals surface area contributed by atoms with Gasteiger partial charge in [-0.05, 0) is 26.8 Å². The molecule has 0 saturated carbocycles. The molecule has 2 nitrogen and oxygen atoms in total. The number of rotatable bonds is 2. The third-order valence-electron chi connectivity index (χ3n) is 2.03. The van der Waals surface area contributed by atoms with Crippen LogP contribution >= 0.6 is 11.6 Å². The molecule has 1 rings (SSSR count). The lowest BCUT2D eigenvalue weighted by atomic mass is 10.0. The number of Topliss-reactive ketones (excluding diaryl/α,β-unsaturated/α-hetero) is 1. The standard InChI is InChI=1S/C11H12ClNO/c1-4-9(8(3)14)11-7(2)13-6-5-10(11)12/h4-6H,1-3H3/b9-4-. The minimum Gasteiger partial charge on any atom is -0.294 e. The second kappa shape index (κ2) is 4.38. The first-order chi connectivity index (χ1) is 6.57. The molecule has 0 unspecified atom stereocenters. The summed E-state index contributed by atoms with van der Waals surface area (Å²) in [4.78, 5) is 15.4. The summed E-state index contributed by atoms with van der Waals surface area (Å²) in [6.45, 7) is 5.19. The Kier molecular flexibility index (Phi) is 3.42. The second-order valence-corrected chi connectivity index (χ2v) is 3.42. The zero-order valence-electron chi connectivity index (χ0n) is 8.47. The molecule has 0 amide bonds. The van der Waals surface area contributed by atoms with Crippen LogP contribution in [0.1, 0.15) is 25.1 Å². The lowest BCUT2D eigenvalue weighted by molar-refractivity contribution is -0.111. The highest BCUT2D eigenvalue weighted by Gasteiger charge is 2.13. The molecule has 3 heteroatoms. The number of halogens is 1. The number of hydrogen-bond acceptors (Lipinski definition) is 2. The van der Waals surface area contributed by atoms with Gasteiger partial charge >= 0.3 is 0 Å². The number of allylic oxidation sites excluding steroid dienone is 2. The third kappa shape index (κ3) is 2.02. The number of carbonyl (C=O) groups excluding carboxylic acids is 1. The van der Waals surface area contributed by atoms with Gasteiger partial charge < -0.3 is 0 Å². The maximum Gasteiger partial charge on any atom is 0.160 e. The van der Waals surface area contributed by atoms with E-state index in [1.807, 2.05) is 13.8 Å². The molecule has 14 heavy (non-hydrogen) atoms. The quantitative estimate of drug-likeness (QED) is 0.701. The van der Waals surface area contributed by atoms with Gasteiger partial charge in [0.15, 0.2) is 5.78 Å². The minimum atomic E-state index is 0.00509. The van der Waals surface area contributed by atoms with Gasteiger partial charge in [-0.3, -0.25) is 9.78 Å². The van der Waals surface area contributed by atoms with Crippen LogP contribution in [0.25, 0.3) is 5.57 Å². The number of carbonyl (C=O) groups is 1. The van der Waals surface area contributed by atoms with E-state index in [0.29, 0.717) is 10.6 Å². The summed E-state index contributed by atoms with van der Waals surface area (Å²) in [7, 11) is 0. The second-order valence-electron chi connectivity index (χ2n) is 3.01. The van der Waals surface area contributed by atoms with E-state index in [4.69, 9.17) is 11.6 Å². The van der Waals surface area contributed by atoms with Crippen molar-refractivity contribution in [2.24, 2.45) is 0 Å². The highest BCUT2D eigenvalue weighted by atomic mass is 35.5. The summed E-state index contributed by atoms with van der Waals surface area (Å²) >= 11 is 6.01. The number of aromatic nitrogens is 1. The third-order valence-corrected chi connectivity index (χ3v) is 2.34. The van der Waals surface area contributed by atoms with Crippen LogP contribution in [0.5, 0.6) is 0 Å². The Morgan fingerprint density at radius 3 is 2.64 bits per heavy atom. The highest BCUT2D eigenvalue weighted by Crippen LogP contribution is 2.26. The van der Waals surface area contributed by atoms with Gasteiger partial charge in [0.1, 0.15) is 0 Å². The van der Waals surface area contributed by atoms with Crippen molar-refractivity contribution in [2.45, 2.75) is 20.8 Å². The van der Waals surface area contributed by atoms with Crippen LogP contribution in [0.3, 0.4) is 0 Å². The van der Waals surface area contributed by atoms with E-state index in [-0.39, 0.29) is 5.78 Å². The van der Waals surface area contributed by atoms with Crippen molar-refractivity contribution < 1.29 is 4.79 Å². The maximum absolute atomic E-state index is 11.3. The Morgan fingerprint density at radius 1 is 1.57 bits per heavy atom. The van der Waals surface area contributed by atoms with E-state index in [1.54, 1.807) is 18.3 Å². The maximum atomic E-state index is 11.3. The fourth-order valence-corrected chi connectivity index (χ4v) is 1.68. The van der Waals surface area contributed by atoms with Gasteiger partial charge in [-0.15, -0.1) is 0 Å². The first-order valence-corrected chi connectivity index (χ1v) is 4.74. The summed E-state index contributed by atoms with van der Waals surface area (Å²) in [5.74, 6) is 0.00509. The highest BCUT2D eigenvalue weighted by molar-refractivity contribution is 6.35. The van der Waals surface area contributed by atoms with Crippen molar-refractivity contribution in [3.05, 3.63) is 34.6 Å². The van der Waals surface area contributed by atoms with E-state index in [1.165, 1.54) is 6.92 Å². The summed E-state index contributed by atoms with van der Waals surface area (Å²) in [5, 5.41) is 0.570. The fourth-order valence-electron chi connectivity index (χ4n) is 1.38. The molecule has 0 aliphatic heterocycles. The molecule has 0 bridgehead atoms. The zero-order valence-corrected chi connectivity index (χ0v) is 9.22. The summed E-state index contributed by atoms with van der Waals surface area (Å²) in [5.41, 5.74) is 2.14. The molecular formula is C11H12ClNO. The molecule has 74 valence electrons. The topological polar surface area (TPSA) is 30.0 Å². The van der Waals surface area contributed by atoms with E-state index in [9.17, 15) is 4.79 Å². The molecule has 0 fully saturated rings. The lowest BCUT2D eigenvalue weighted by Crippen LogP contribution is -2.00. The Morgan fingerprint density at radius 2 is 2.21 bits per heavy atom. The minimum absolute atomic E-state index is 0.00509. The van der Waals surface area contributed by atoms with Crippen LogP contribution in [0, 0.1) is 6.92 Å². The normalized spacial score (nSPS) is 11.6. The van der Waals surface area contributed by atoms with Crippen LogP contribution in [-0.4, -0.2) is 10.8 Å². The predicted molar refractivity (Wildman–Crippen MR) is 58.3 cm³/mol. The van der Waals surface area contributed by atoms with Crippen LogP contribution in [-0.2, 0) is 4.79 Å². The molecule has 0 aliphatic rings. The van der Waals surface area contributed by atoms with Crippen molar-refractivity contribution >= 4 is 23.0 Å². The summed E-state index contributed by atoms with van der Waals surface area (Å²) < 4.78 is 0. The monoisotopic (exact) mass is 209 g/mol. The Labute approximate surface area is 88.6 Å². The predicted octanol–water partition coefficient (Wildman–Crippen LogP) is 3.04. The van der Waals surface area contributed by atoms with Gasteiger partial charge in [-0.1, -0.05) is 17.7 Å². The Hall–Kier alpha value is -1.15. The average Bonchev–Trinajstić information content (AvgIpc) is 2.10. The van der Waals surface area contributed by atoms with Gasteiger partial charge in [0.2, 0.25) is 0 Å². The van der Waals surface area contributed by atoms with Gasteiger partial charge in [-0.25, -0.2) is 0 Å². The Bertz CT molecular complexity index is 376. The van der Waals surface area contributed by atoms with Crippen molar-refractivity contribution in [3.8, 4) is 0 Å². The number of pyridine rings is 1. The summed E-state index contributed by atoms with van der Waals surface area (Å²) in [6.07, 6.45) is 3.40. The van der Waals surface area contributed by atoms with Crippen molar-refractivity contribution in [1.82, 2.24) is 4.98 Å². The molecular weight excluding hydrogens is 198 g/mol. The van der Waals surface area contributed by atoms with Crippen molar-refractivity contribution in [3.63, 3.8) is 0 Å². The number of aryl methyl sites for hydroxylation is 1. The molecule has 0 spiro atoms. The Balaban J connectivity index is 3.37. The lowest BCUT2D eigenvalue weighted by Gasteiger charge is -2.08. The largest absolute Gasteiger partial charge is 0.294 e. The van der Waals surface area contributed by atoms with E-state index >= 15 is 0 Å². The van der Waals surface area contributed by atoms with Crippen LogP contribution in [0.15, 0.2) is 18.3 Å². The molecule has 0 aliphatic carbocycles. The molecule has 1 aromatic rings.